The second-order valence-electron chi connectivity index (χ2n) is 8.89. The molecule has 0 saturated heterocycles. The first-order chi connectivity index (χ1) is 16.1. The molecule has 0 saturated carbocycles. The van der Waals surface area contributed by atoms with Crippen molar-refractivity contribution in [2.24, 2.45) is 0 Å². The third kappa shape index (κ3) is 2.96. The van der Waals surface area contributed by atoms with Gasteiger partial charge in [-0.1, -0.05) is 84.9 Å². The molecule has 0 aliphatic heterocycles. The van der Waals surface area contributed by atoms with Crippen LogP contribution in [0.4, 0.5) is 4.39 Å². The summed E-state index contributed by atoms with van der Waals surface area (Å²) in [6.45, 7) is 0. The van der Waals surface area contributed by atoms with Crippen LogP contribution in [0.1, 0.15) is 16.7 Å². The highest BCUT2D eigenvalue weighted by atomic mass is 19.1. The molecule has 0 bridgehead atoms. The molecule has 5 aromatic carbocycles. The molecule has 0 heterocycles. The number of fused-ring (bicyclic) bond motifs is 7. The highest BCUT2D eigenvalue weighted by Crippen LogP contribution is 2.47. The van der Waals surface area contributed by atoms with E-state index in [9.17, 15) is 14.3 Å². The molecular formula is C30H21FO2. The summed E-state index contributed by atoms with van der Waals surface area (Å²) in [5.74, 6) is -1.26. The molecule has 1 N–H and O–H groups in total. The van der Waals surface area contributed by atoms with Crippen molar-refractivity contribution in [1.82, 2.24) is 0 Å². The van der Waals surface area contributed by atoms with Crippen LogP contribution in [0, 0.1) is 5.82 Å². The van der Waals surface area contributed by atoms with E-state index in [1.807, 2.05) is 24.3 Å². The molecule has 33 heavy (non-hydrogen) atoms. The first kappa shape index (κ1) is 19.7. The van der Waals surface area contributed by atoms with Gasteiger partial charge >= 0.3 is 5.97 Å². The normalized spacial score (nSPS) is 14.5. The van der Waals surface area contributed by atoms with Crippen molar-refractivity contribution in [3.63, 3.8) is 0 Å². The van der Waals surface area contributed by atoms with Crippen LogP contribution < -0.4 is 0 Å². The molecule has 0 radical (unpaired) electrons. The van der Waals surface area contributed by atoms with Crippen LogP contribution >= 0.6 is 0 Å². The molecule has 0 unspecified atom stereocenters. The lowest BCUT2D eigenvalue weighted by atomic mass is 9.72. The maximum atomic E-state index is 13.7. The molecule has 1 aliphatic rings. The molecule has 2 nitrogen and oxygen atoms in total. The number of carbonyl (C=O) groups is 1. The first-order valence-corrected chi connectivity index (χ1v) is 11.1. The topological polar surface area (TPSA) is 37.3 Å². The first-order valence-electron chi connectivity index (χ1n) is 11.1. The number of halogens is 1. The van der Waals surface area contributed by atoms with Crippen molar-refractivity contribution < 1.29 is 14.3 Å². The molecule has 0 aromatic heterocycles. The number of rotatable bonds is 2. The molecular weight excluding hydrogens is 411 g/mol. The Morgan fingerprint density at radius 1 is 0.667 bits per heavy atom. The van der Waals surface area contributed by atoms with Crippen LogP contribution in [0.15, 0.2) is 97.1 Å². The van der Waals surface area contributed by atoms with E-state index >= 15 is 0 Å². The highest BCUT2D eigenvalue weighted by Gasteiger charge is 2.44. The van der Waals surface area contributed by atoms with E-state index in [1.165, 1.54) is 12.1 Å². The Bertz CT molecular complexity index is 1460. The Labute approximate surface area is 190 Å². The fourth-order valence-electron chi connectivity index (χ4n) is 5.48. The van der Waals surface area contributed by atoms with Gasteiger partial charge in [-0.15, -0.1) is 0 Å². The predicted octanol–water partition coefficient (Wildman–Crippen LogP) is 6.92. The molecule has 3 heteroatoms. The fourth-order valence-corrected chi connectivity index (χ4v) is 5.48. The summed E-state index contributed by atoms with van der Waals surface area (Å²) in [6, 6.07) is 30.8. The minimum atomic E-state index is -1.20. The quantitative estimate of drug-likeness (QED) is 0.329. The zero-order valence-electron chi connectivity index (χ0n) is 17.9. The lowest BCUT2D eigenvalue weighted by Gasteiger charge is -2.29. The summed E-state index contributed by atoms with van der Waals surface area (Å²) >= 11 is 0. The van der Waals surface area contributed by atoms with Crippen LogP contribution in [0.5, 0.6) is 0 Å². The summed E-state index contributed by atoms with van der Waals surface area (Å²) < 4.78 is 13.7. The molecule has 5 aromatic rings. The molecule has 0 spiro atoms. The van der Waals surface area contributed by atoms with Crippen molar-refractivity contribution >= 4 is 27.5 Å². The van der Waals surface area contributed by atoms with E-state index < -0.39 is 11.4 Å². The SMILES string of the molecule is O=C(O)C1(c2ccc(F)cc2)Cc2ccc3ccccc3c2-c2c(ccc3ccccc23)C1. The average molecular weight is 432 g/mol. The van der Waals surface area contributed by atoms with Crippen LogP contribution in [0.2, 0.25) is 0 Å². The Kier molecular flexibility index (Phi) is 4.34. The summed E-state index contributed by atoms with van der Waals surface area (Å²) in [6.07, 6.45) is 0.661. The largest absolute Gasteiger partial charge is 0.481 e. The lowest BCUT2D eigenvalue weighted by Crippen LogP contribution is -2.40. The van der Waals surface area contributed by atoms with Crippen LogP contribution in [-0.2, 0) is 23.1 Å². The van der Waals surface area contributed by atoms with Gasteiger partial charge in [0.25, 0.3) is 0 Å². The predicted molar refractivity (Wildman–Crippen MR) is 130 cm³/mol. The van der Waals surface area contributed by atoms with Crippen LogP contribution in [-0.4, -0.2) is 11.1 Å². The van der Waals surface area contributed by atoms with Crippen molar-refractivity contribution in [1.29, 1.82) is 0 Å². The van der Waals surface area contributed by atoms with Gasteiger partial charge in [0.1, 0.15) is 11.2 Å². The van der Waals surface area contributed by atoms with Gasteiger partial charge in [0.2, 0.25) is 0 Å². The van der Waals surface area contributed by atoms with Gasteiger partial charge in [-0.3, -0.25) is 4.79 Å². The average Bonchev–Trinajstić information content (AvgIpc) is 3.00. The van der Waals surface area contributed by atoms with E-state index in [4.69, 9.17) is 0 Å². The van der Waals surface area contributed by atoms with E-state index in [-0.39, 0.29) is 5.82 Å². The molecule has 0 amide bonds. The van der Waals surface area contributed by atoms with Crippen molar-refractivity contribution in [3.8, 4) is 11.1 Å². The molecule has 1 aliphatic carbocycles. The number of hydrogen-bond donors (Lipinski definition) is 1. The van der Waals surface area contributed by atoms with E-state index in [0.29, 0.717) is 18.4 Å². The number of carboxylic acids is 1. The maximum absolute atomic E-state index is 13.7. The molecule has 6 rings (SSSR count). The minimum Gasteiger partial charge on any atom is -0.481 e. The lowest BCUT2D eigenvalue weighted by molar-refractivity contribution is -0.143. The second kappa shape index (κ2) is 7.28. The van der Waals surface area contributed by atoms with Crippen molar-refractivity contribution in [2.75, 3.05) is 0 Å². The molecule has 0 fully saturated rings. The fraction of sp³-hybridized carbons (Fsp3) is 0.100. The van der Waals surface area contributed by atoms with E-state index in [2.05, 4.69) is 48.5 Å². The third-order valence-corrected chi connectivity index (χ3v) is 7.07. The van der Waals surface area contributed by atoms with Gasteiger partial charge in [0.15, 0.2) is 0 Å². The smallest absolute Gasteiger partial charge is 0.314 e. The van der Waals surface area contributed by atoms with Gasteiger partial charge in [-0.2, -0.15) is 0 Å². The van der Waals surface area contributed by atoms with Gasteiger partial charge < -0.3 is 5.11 Å². The number of carboxylic acid groups (broad SMARTS) is 1. The summed E-state index contributed by atoms with van der Waals surface area (Å²) in [5.41, 5.74) is 3.62. The van der Waals surface area contributed by atoms with Gasteiger partial charge in [-0.25, -0.2) is 4.39 Å². The van der Waals surface area contributed by atoms with Crippen molar-refractivity contribution in [3.05, 3.63) is 120 Å². The maximum Gasteiger partial charge on any atom is 0.314 e. The number of benzene rings is 5. The second-order valence-corrected chi connectivity index (χ2v) is 8.89. The Balaban J connectivity index is 1.76. The zero-order chi connectivity index (χ0) is 22.6. The monoisotopic (exact) mass is 432 g/mol. The van der Waals surface area contributed by atoms with E-state index in [1.54, 1.807) is 12.1 Å². The van der Waals surface area contributed by atoms with Gasteiger partial charge in [0.05, 0.1) is 0 Å². The minimum absolute atomic E-state index is 0.330. The van der Waals surface area contributed by atoms with Gasteiger partial charge in [-0.05, 0) is 74.3 Å². The summed E-state index contributed by atoms with van der Waals surface area (Å²) in [4.78, 5) is 13.0. The Morgan fingerprint density at radius 2 is 1.15 bits per heavy atom. The standard InChI is InChI=1S/C30H21FO2/c31-24-15-13-23(14-16-24)30(29(32)33)17-21-11-9-19-5-1-3-7-25(19)27(21)28-22(18-30)12-10-20-6-2-4-8-26(20)28/h1-16H,17-18H2,(H,32,33). The highest BCUT2D eigenvalue weighted by molar-refractivity contribution is 6.08. The molecule has 160 valence electrons. The number of hydrogen-bond acceptors (Lipinski definition) is 1. The zero-order valence-corrected chi connectivity index (χ0v) is 17.9. The van der Waals surface area contributed by atoms with Gasteiger partial charge in [0, 0.05) is 0 Å². The van der Waals surface area contributed by atoms with E-state index in [0.717, 1.165) is 43.8 Å². The molecule has 0 atom stereocenters. The van der Waals surface area contributed by atoms with Crippen LogP contribution in [0.3, 0.4) is 0 Å². The summed E-state index contributed by atoms with van der Waals surface area (Å²) in [7, 11) is 0. The Morgan fingerprint density at radius 3 is 1.64 bits per heavy atom. The Hall–Kier alpha value is -3.98. The van der Waals surface area contributed by atoms with Crippen molar-refractivity contribution in [2.45, 2.75) is 18.3 Å². The number of aliphatic carboxylic acids is 1. The van der Waals surface area contributed by atoms with Crippen LogP contribution in [0.25, 0.3) is 32.7 Å². The summed E-state index contributed by atoms with van der Waals surface area (Å²) in [5, 5.41) is 15.1. The third-order valence-electron chi connectivity index (χ3n) is 7.07.